The molecule has 1 atom stereocenters. The van der Waals surface area contributed by atoms with Crippen LogP contribution in [0.2, 0.25) is 0 Å². The first-order valence-corrected chi connectivity index (χ1v) is 15.9. The van der Waals surface area contributed by atoms with Crippen molar-refractivity contribution in [1.29, 1.82) is 0 Å². The average Bonchev–Trinajstić information content (AvgIpc) is 2.96. The van der Waals surface area contributed by atoms with E-state index in [9.17, 15) is 18.0 Å². The van der Waals surface area contributed by atoms with E-state index in [2.05, 4.69) is 5.32 Å². The lowest BCUT2D eigenvalue weighted by Gasteiger charge is -2.34. The highest BCUT2D eigenvalue weighted by atomic mass is 32.2. The first kappa shape index (κ1) is 30.9. The number of nitrogens with one attached hydrogen (secondary N) is 1. The van der Waals surface area contributed by atoms with Crippen LogP contribution in [0.3, 0.4) is 0 Å². The van der Waals surface area contributed by atoms with Gasteiger partial charge in [0.25, 0.3) is 0 Å². The Bertz CT molecular complexity index is 1490. The summed E-state index contributed by atoms with van der Waals surface area (Å²) in [7, 11) is -3.89. The number of fused-ring (bicyclic) bond motifs is 1. The zero-order chi connectivity index (χ0) is 30.3. The third-order valence-corrected chi connectivity index (χ3v) is 8.02. The molecular formula is C32H39N3O6S. The standard InChI is InChI=1S/C32H39N3O6S/c1-23(2)20-33-32(37)28(18-25-10-6-5-7-11-25)34(21-26-12-8-9-24(3)17-26)31(36)22-35(42(4,38)39)27-13-14-29-30(19-27)41-16-15-40-29/h5-14,17,19,23,28H,15-16,18,20-22H2,1-4H3,(H,33,37). The second-order valence-electron chi connectivity index (χ2n) is 11.0. The maximum Gasteiger partial charge on any atom is 0.244 e. The molecule has 0 spiro atoms. The molecule has 1 aliphatic rings. The topological polar surface area (TPSA) is 105 Å². The second kappa shape index (κ2) is 13.7. The van der Waals surface area contributed by atoms with Crippen LogP contribution in [-0.2, 0) is 32.6 Å². The fourth-order valence-electron chi connectivity index (χ4n) is 4.78. The molecule has 9 nitrogen and oxygen atoms in total. The Hall–Kier alpha value is -4.05. The van der Waals surface area contributed by atoms with Gasteiger partial charge in [0.05, 0.1) is 11.9 Å². The number of hydrogen-bond acceptors (Lipinski definition) is 6. The molecule has 1 aliphatic heterocycles. The van der Waals surface area contributed by atoms with Gasteiger partial charge in [0, 0.05) is 25.6 Å². The number of sulfonamides is 1. The predicted molar refractivity (Wildman–Crippen MR) is 163 cm³/mol. The maximum absolute atomic E-state index is 14.2. The molecule has 10 heteroatoms. The Kier molecular flexibility index (Phi) is 10.1. The summed E-state index contributed by atoms with van der Waals surface area (Å²) in [5.41, 5.74) is 3.01. The number of rotatable bonds is 12. The molecule has 0 bridgehead atoms. The lowest BCUT2D eigenvalue weighted by molar-refractivity contribution is -0.140. The van der Waals surface area contributed by atoms with E-state index in [0.29, 0.717) is 31.3 Å². The van der Waals surface area contributed by atoms with Crippen molar-refractivity contribution in [2.45, 2.75) is 39.8 Å². The maximum atomic E-state index is 14.2. The minimum Gasteiger partial charge on any atom is -0.486 e. The monoisotopic (exact) mass is 593 g/mol. The van der Waals surface area contributed by atoms with Crippen LogP contribution >= 0.6 is 0 Å². The van der Waals surface area contributed by atoms with Crippen molar-refractivity contribution < 1.29 is 27.5 Å². The molecule has 2 amide bonds. The zero-order valence-corrected chi connectivity index (χ0v) is 25.4. The lowest BCUT2D eigenvalue weighted by atomic mass is 10.0. The van der Waals surface area contributed by atoms with Crippen LogP contribution in [0.5, 0.6) is 11.5 Å². The molecular weight excluding hydrogens is 554 g/mol. The number of amides is 2. The van der Waals surface area contributed by atoms with Gasteiger partial charge in [0.15, 0.2) is 11.5 Å². The highest BCUT2D eigenvalue weighted by molar-refractivity contribution is 7.92. The number of carbonyl (C=O) groups excluding carboxylic acids is 2. The lowest BCUT2D eigenvalue weighted by Crippen LogP contribution is -2.53. The van der Waals surface area contributed by atoms with Crippen molar-refractivity contribution in [3.05, 3.63) is 89.5 Å². The van der Waals surface area contributed by atoms with Crippen LogP contribution in [0.15, 0.2) is 72.8 Å². The largest absolute Gasteiger partial charge is 0.486 e. The van der Waals surface area contributed by atoms with Crippen molar-refractivity contribution in [3.63, 3.8) is 0 Å². The molecule has 0 radical (unpaired) electrons. The summed E-state index contributed by atoms with van der Waals surface area (Å²) in [5, 5.41) is 2.99. The number of anilines is 1. The Morgan fingerprint density at radius 2 is 1.60 bits per heavy atom. The minimum atomic E-state index is -3.89. The summed E-state index contributed by atoms with van der Waals surface area (Å²) in [5.74, 6) is 0.335. The SMILES string of the molecule is Cc1cccc(CN(C(=O)CN(c2ccc3c(c2)OCCO3)S(C)(=O)=O)C(Cc2ccccc2)C(=O)NCC(C)C)c1. The van der Waals surface area contributed by atoms with Gasteiger partial charge in [-0.1, -0.05) is 74.0 Å². The number of aryl methyl sites for hydroxylation is 1. The fraction of sp³-hybridized carbons (Fsp3) is 0.375. The van der Waals surface area contributed by atoms with Gasteiger partial charge in [-0.05, 0) is 36.1 Å². The first-order valence-electron chi connectivity index (χ1n) is 14.1. The molecule has 1 N–H and O–H groups in total. The first-order chi connectivity index (χ1) is 20.0. The summed E-state index contributed by atoms with van der Waals surface area (Å²) in [6, 6.07) is 21.1. The summed E-state index contributed by atoms with van der Waals surface area (Å²) in [6.45, 7) is 6.78. The summed E-state index contributed by atoms with van der Waals surface area (Å²) in [4.78, 5) is 29.4. The van der Waals surface area contributed by atoms with E-state index in [1.807, 2.05) is 75.4 Å². The zero-order valence-electron chi connectivity index (χ0n) is 24.6. The number of carbonyl (C=O) groups is 2. The van der Waals surface area contributed by atoms with Crippen LogP contribution in [0, 0.1) is 12.8 Å². The molecule has 1 unspecified atom stereocenters. The molecule has 0 saturated heterocycles. The third-order valence-electron chi connectivity index (χ3n) is 6.88. The fourth-order valence-corrected chi connectivity index (χ4v) is 5.63. The van der Waals surface area contributed by atoms with Crippen LogP contribution in [0.4, 0.5) is 5.69 Å². The number of benzene rings is 3. The van der Waals surface area contributed by atoms with Gasteiger partial charge in [-0.2, -0.15) is 0 Å². The Balaban J connectivity index is 1.72. The van der Waals surface area contributed by atoms with E-state index in [-0.39, 0.29) is 30.5 Å². The number of nitrogens with zero attached hydrogens (tertiary/aromatic N) is 2. The van der Waals surface area contributed by atoms with E-state index >= 15 is 0 Å². The van der Waals surface area contributed by atoms with Crippen molar-refractivity contribution in [2.75, 3.05) is 36.9 Å². The molecule has 3 aromatic carbocycles. The molecule has 224 valence electrons. The highest BCUT2D eigenvalue weighted by Gasteiger charge is 2.33. The van der Waals surface area contributed by atoms with E-state index in [4.69, 9.17) is 9.47 Å². The molecule has 3 aromatic rings. The normalized spacial score (nSPS) is 13.4. The molecule has 0 aromatic heterocycles. The van der Waals surface area contributed by atoms with Gasteiger partial charge >= 0.3 is 0 Å². The highest BCUT2D eigenvalue weighted by Crippen LogP contribution is 2.34. The van der Waals surface area contributed by atoms with Crippen molar-refractivity contribution in [1.82, 2.24) is 10.2 Å². The smallest absolute Gasteiger partial charge is 0.244 e. The van der Waals surface area contributed by atoms with E-state index in [1.165, 1.54) is 4.90 Å². The Morgan fingerprint density at radius 1 is 0.905 bits per heavy atom. The van der Waals surface area contributed by atoms with Gasteiger partial charge in [0.2, 0.25) is 21.8 Å². The molecule has 0 fully saturated rings. The Labute approximate surface area is 248 Å². The van der Waals surface area contributed by atoms with Gasteiger partial charge in [-0.3, -0.25) is 13.9 Å². The molecule has 0 saturated carbocycles. The average molecular weight is 594 g/mol. The molecule has 1 heterocycles. The van der Waals surface area contributed by atoms with E-state index in [1.54, 1.807) is 18.2 Å². The molecule has 42 heavy (non-hydrogen) atoms. The van der Waals surface area contributed by atoms with E-state index in [0.717, 1.165) is 27.3 Å². The molecule has 0 aliphatic carbocycles. The predicted octanol–water partition coefficient (Wildman–Crippen LogP) is 3.94. The van der Waals surface area contributed by atoms with Gasteiger partial charge < -0.3 is 19.7 Å². The van der Waals surface area contributed by atoms with Crippen molar-refractivity contribution in [3.8, 4) is 11.5 Å². The number of ether oxygens (including phenoxy) is 2. The van der Waals surface area contributed by atoms with Crippen LogP contribution in [0.25, 0.3) is 0 Å². The summed E-state index contributed by atoms with van der Waals surface area (Å²) < 4.78 is 38.4. The summed E-state index contributed by atoms with van der Waals surface area (Å²) >= 11 is 0. The van der Waals surface area contributed by atoms with E-state index < -0.39 is 28.5 Å². The van der Waals surface area contributed by atoms with Gasteiger partial charge in [-0.25, -0.2) is 8.42 Å². The van der Waals surface area contributed by atoms with Gasteiger partial charge in [0.1, 0.15) is 25.8 Å². The third kappa shape index (κ3) is 8.25. The van der Waals surface area contributed by atoms with Gasteiger partial charge in [-0.15, -0.1) is 0 Å². The van der Waals surface area contributed by atoms with Crippen molar-refractivity contribution >= 4 is 27.5 Å². The quantitative estimate of drug-likeness (QED) is 0.341. The summed E-state index contributed by atoms with van der Waals surface area (Å²) in [6.07, 6.45) is 1.32. The van der Waals surface area contributed by atoms with Crippen molar-refractivity contribution in [2.24, 2.45) is 5.92 Å². The van der Waals surface area contributed by atoms with Crippen LogP contribution in [-0.4, -0.2) is 63.7 Å². The number of hydrogen-bond donors (Lipinski definition) is 1. The van der Waals surface area contributed by atoms with Crippen LogP contribution < -0.4 is 19.1 Å². The second-order valence-corrected chi connectivity index (χ2v) is 12.9. The van der Waals surface area contributed by atoms with Crippen LogP contribution in [0.1, 0.15) is 30.5 Å². The molecule has 4 rings (SSSR count). The Morgan fingerprint density at radius 3 is 2.26 bits per heavy atom. The minimum absolute atomic E-state index is 0.131.